The van der Waals surface area contributed by atoms with Crippen LogP contribution in [-0.4, -0.2) is 21.2 Å². The predicted molar refractivity (Wildman–Crippen MR) is 136 cm³/mol. The van der Waals surface area contributed by atoms with Gasteiger partial charge < -0.3 is 5.73 Å². The second-order valence-corrected chi connectivity index (χ2v) is 8.93. The molecule has 0 aliphatic carbocycles. The van der Waals surface area contributed by atoms with Crippen molar-refractivity contribution >= 4 is 29.2 Å². The zero-order valence-electron chi connectivity index (χ0n) is 19.0. The van der Waals surface area contributed by atoms with Crippen LogP contribution in [0.25, 0.3) is 0 Å². The van der Waals surface area contributed by atoms with Gasteiger partial charge in [-0.25, -0.2) is 4.79 Å². The summed E-state index contributed by atoms with van der Waals surface area (Å²) in [5.41, 5.74) is 8.27. The second-order valence-electron chi connectivity index (χ2n) is 7.95. The van der Waals surface area contributed by atoms with E-state index < -0.39 is 11.2 Å². The number of H-pyrrole nitrogens is 1. The minimum atomic E-state index is -0.654. The summed E-state index contributed by atoms with van der Waals surface area (Å²) in [6, 6.07) is 17.6. The third kappa shape index (κ3) is 6.38. The summed E-state index contributed by atoms with van der Waals surface area (Å²) in [7, 11) is 0. The van der Waals surface area contributed by atoms with E-state index in [-0.39, 0.29) is 29.7 Å². The molecule has 0 atom stereocenters. The Kier molecular flexibility index (Phi) is 8.54. The number of hydrogen-bond acceptors (Lipinski definition) is 5. The zero-order chi connectivity index (χ0) is 23.8. The number of aromatic amines is 1. The van der Waals surface area contributed by atoms with Gasteiger partial charge >= 0.3 is 5.69 Å². The number of benzene rings is 2. The number of unbranched alkanes of at least 4 members (excludes halogenated alkanes) is 1. The first-order chi connectivity index (χ1) is 15.9. The maximum atomic E-state index is 13.3. The SMILES string of the molecule is CCCCn1c(N)c(N(Cc2ccccc2)C(=O)CSCc2cccc(C)c2)c(=O)[nH]c1=O. The van der Waals surface area contributed by atoms with Crippen LogP contribution in [-0.2, 0) is 23.6 Å². The van der Waals surface area contributed by atoms with Gasteiger partial charge in [0, 0.05) is 12.3 Å². The van der Waals surface area contributed by atoms with Gasteiger partial charge in [-0.2, -0.15) is 0 Å². The van der Waals surface area contributed by atoms with E-state index in [1.165, 1.54) is 26.8 Å². The number of nitrogens with one attached hydrogen (secondary N) is 1. The summed E-state index contributed by atoms with van der Waals surface area (Å²) in [6.45, 7) is 4.60. The van der Waals surface area contributed by atoms with E-state index in [1.54, 1.807) is 0 Å². The minimum absolute atomic E-state index is 0.0187. The molecule has 33 heavy (non-hydrogen) atoms. The predicted octanol–water partition coefficient (Wildman–Crippen LogP) is 3.69. The second kappa shape index (κ2) is 11.6. The van der Waals surface area contributed by atoms with Gasteiger partial charge in [-0.1, -0.05) is 73.5 Å². The number of nitrogen functional groups attached to an aromatic ring is 1. The fourth-order valence-corrected chi connectivity index (χ4v) is 4.42. The maximum absolute atomic E-state index is 13.3. The summed E-state index contributed by atoms with van der Waals surface area (Å²) < 4.78 is 1.34. The average Bonchev–Trinajstić information content (AvgIpc) is 2.79. The molecule has 0 radical (unpaired) electrons. The first kappa shape index (κ1) is 24.4. The molecule has 3 rings (SSSR count). The monoisotopic (exact) mass is 466 g/mol. The Morgan fingerprint density at radius 2 is 1.82 bits per heavy atom. The van der Waals surface area contributed by atoms with Crippen LogP contribution in [0.5, 0.6) is 0 Å². The summed E-state index contributed by atoms with van der Waals surface area (Å²) in [5, 5.41) is 0. The smallest absolute Gasteiger partial charge is 0.330 e. The Morgan fingerprint density at radius 1 is 1.09 bits per heavy atom. The van der Waals surface area contributed by atoms with E-state index in [4.69, 9.17) is 5.73 Å². The lowest BCUT2D eigenvalue weighted by atomic mass is 10.2. The van der Waals surface area contributed by atoms with Gasteiger partial charge in [-0.05, 0) is 24.5 Å². The summed E-state index contributed by atoms with van der Waals surface area (Å²) in [5.74, 6) is 0.627. The standard InChI is InChI=1S/C25H30N4O3S/c1-3-4-13-28-23(26)22(24(31)27-25(28)32)29(15-19-10-6-5-7-11-19)21(30)17-33-16-20-12-8-9-18(2)14-20/h5-12,14H,3-4,13,15-17,26H2,1-2H3,(H,27,31,32). The van der Waals surface area contributed by atoms with Gasteiger partial charge in [-0.3, -0.25) is 24.0 Å². The Morgan fingerprint density at radius 3 is 2.52 bits per heavy atom. The van der Waals surface area contributed by atoms with Crippen molar-refractivity contribution in [2.24, 2.45) is 0 Å². The molecule has 0 saturated heterocycles. The highest BCUT2D eigenvalue weighted by molar-refractivity contribution is 7.99. The van der Waals surface area contributed by atoms with Crippen molar-refractivity contribution in [3.63, 3.8) is 0 Å². The number of carbonyl (C=O) groups is 1. The Balaban J connectivity index is 1.90. The molecular weight excluding hydrogens is 436 g/mol. The van der Waals surface area contributed by atoms with Crippen molar-refractivity contribution < 1.29 is 4.79 Å². The number of carbonyl (C=O) groups excluding carboxylic acids is 1. The number of thioether (sulfide) groups is 1. The molecule has 0 aliphatic heterocycles. The van der Waals surface area contributed by atoms with Crippen molar-refractivity contribution in [3.8, 4) is 0 Å². The quantitative estimate of drug-likeness (QED) is 0.475. The van der Waals surface area contributed by atoms with Crippen LogP contribution >= 0.6 is 11.8 Å². The summed E-state index contributed by atoms with van der Waals surface area (Å²) >= 11 is 1.48. The van der Waals surface area contributed by atoms with Crippen LogP contribution in [0, 0.1) is 6.92 Å². The maximum Gasteiger partial charge on any atom is 0.330 e. The molecule has 0 bridgehead atoms. The van der Waals surface area contributed by atoms with Crippen molar-refractivity contribution in [2.45, 2.75) is 45.5 Å². The van der Waals surface area contributed by atoms with Crippen molar-refractivity contribution in [2.75, 3.05) is 16.4 Å². The summed E-state index contributed by atoms with van der Waals surface area (Å²) in [6.07, 6.45) is 1.59. The highest BCUT2D eigenvalue weighted by atomic mass is 32.2. The van der Waals surface area contributed by atoms with E-state index in [2.05, 4.69) is 11.1 Å². The molecule has 1 amide bonds. The Labute approximate surface area is 197 Å². The van der Waals surface area contributed by atoms with Gasteiger partial charge in [-0.15, -0.1) is 11.8 Å². The molecule has 3 aromatic rings. The topological polar surface area (TPSA) is 101 Å². The Bertz CT molecular complexity index is 1200. The van der Waals surface area contributed by atoms with Crippen LogP contribution in [0.3, 0.4) is 0 Å². The van der Waals surface area contributed by atoms with E-state index in [0.29, 0.717) is 12.3 Å². The van der Waals surface area contributed by atoms with Gasteiger partial charge in [0.2, 0.25) is 5.91 Å². The molecule has 0 saturated carbocycles. The third-order valence-electron chi connectivity index (χ3n) is 5.28. The lowest BCUT2D eigenvalue weighted by Crippen LogP contribution is -2.41. The lowest BCUT2D eigenvalue weighted by molar-refractivity contribution is -0.116. The molecule has 0 aliphatic rings. The number of hydrogen-bond donors (Lipinski definition) is 2. The van der Waals surface area contributed by atoms with Crippen LogP contribution in [0.2, 0.25) is 0 Å². The highest BCUT2D eigenvalue weighted by Crippen LogP contribution is 2.22. The van der Waals surface area contributed by atoms with E-state index in [1.807, 2.05) is 62.4 Å². The number of rotatable bonds is 10. The van der Waals surface area contributed by atoms with E-state index in [9.17, 15) is 14.4 Å². The van der Waals surface area contributed by atoms with E-state index >= 15 is 0 Å². The molecular formula is C25H30N4O3S. The normalized spacial score (nSPS) is 10.8. The fourth-order valence-electron chi connectivity index (χ4n) is 3.57. The first-order valence-corrected chi connectivity index (χ1v) is 12.2. The first-order valence-electron chi connectivity index (χ1n) is 11.0. The van der Waals surface area contributed by atoms with Gasteiger partial charge in [0.05, 0.1) is 12.3 Å². The number of nitrogens with zero attached hydrogens (tertiary/aromatic N) is 2. The van der Waals surface area contributed by atoms with Gasteiger partial charge in [0.1, 0.15) is 5.82 Å². The van der Waals surface area contributed by atoms with Crippen LogP contribution < -0.4 is 21.9 Å². The molecule has 7 nitrogen and oxygen atoms in total. The molecule has 2 aromatic carbocycles. The molecule has 0 unspecified atom stereocenters. The van der Waals surface area contributed by atoms with Crippen LogP contribution in [0.4, 0.5) is 11.5 Å². The highest BCUT2D eigenvalue weighted by Gasteiger charge is 2.24. The zero-order valence-corrected chi connectivity index (χ0v) is 19.9. The van der Waals surface area contributed by atoms with Crippen molar-refractivity contribution in [1.82, 2.24) is 9.55 Å². The minimum Gasteiger partial charge on any atom is -0.383 e. The number of aryl methyl sites for hydroxylation is 1. The molecule has 3 N–H and O–H groups in total. The van der Waals surface area contributed by atoms with Crippen LogP contribution in [0.1, 0.15) is 36.5 Å². The van der Waals surface area contributed by atoms with Crippen molar-refractivity contribution in [1.29, 1.82) is 0 Å². The molecule has 1 heterocycles. The van der Waals surface area contributed by atoms with E-state index in [0.717, 1.165) is 24.0 Å². The van der Waals surface area contributed by atoms with Gasteiger partial charge in [0.25, 0.3) is 5.56 Å². The lowest BCUT2D eigenvalue weighted by Gasteiger charge is -2.24. The van der Waals surface area contributed by atoms with Crippen LogP contribution in [0.15, 0.2) is 64.2 Å². The van der Waals surface area contributed by atoms with Crippen molar-refractivity contribution in [3.05, 3.63) is 92.1 Å². The third-order valence-corrected chi connectivity index (χ3v) is 6.27. The largest absolute Gasteiger partial charge is 0.383 e. The molecule has 8 heteroatoms. The molecule has 0 fully saturated rings. The van der Waals surface area contributed by atoms with Gasteiger partial charge in [0.15, 0.2) is 5.69 Å². The Hall–Kier alpha value is -3.26. The molecule has 1 aromatic heterocycles. The molecule has 0 spiro atoms. The number of nitrogens with two attached hydrogens (primary N) is 1. The summed E-state index contributed by atoms with van der Waals surface area (Å²) in [4.78, 5) is 42.2. The number of amides is 1. The fraction of sp³-hybridized carbons (Fsp3) is 0.320. The molecule has 174 valence electrons. The number of aromatic nitrogens is 2. The number of anilines is 2. The average molecular weight is 467 g/mol.